The Balaban J connectivity index is 0.00000361. The van der Waals surface area contributed by atoms with Gasteiger partial charge in [0.2, 0.25) is 0 Å². The van der Waals surface area contributed by atoms with Crippen molar-refractivity contribution in [2.45, 2.75) is 26.1 Å². The van der Waals surface area contributed by atoms with Crippen LogP contribution in [0.5, 0.6) is 0 Å². The molecule has 1 amide bonds. The number of pyridine rings is 1. The van der Waals surface area contributed by atoms with Gasteiger partial charge in [-0.3, -0.25) is 4.79 Å². The first-order valence-corrected chi connectivity index (χ1v) is 5.70. The summed E-state index contributed by atoms with van der Waals surface area (Å²) < 4.78 is 37.4. The van der Waals surface area contributed by atoms with Crippen molar-refractivity contribution < 1.29 is 18.0 Å². The van der Waals surface area contributed by atoms with Gasteiger partial charge in [0.05, 0.1) is 11.3 Å². The Labute approximate surface area is 121 Å². The molecule has 0 bridgehead atoms. The SMILES string of the molecule is Cc1nc(C(F)(F)F)ccc1C(=O)N(C)C(C)CN.Cl. The molecule has 0 spiro atoms. The van der Waals surface area contributed by atoms with E-state index in [1.807, 2.05) is 0 Å². The lowest BCUT2D eigenvalue weighted by atomic mass is 10.1. The van der Waals surface area contributed by atoms with Crippen LogP contribution in [0.1, 0.15) is 28.7 Å². The van der Waals surface area contributed by atoms with Crippen LogP contribution in [-0.2, 0) is 6.18 Å². The van der Waals surface area contributed by atoms with E-state index in [2.05, 4.69) is 4.98 Å². The molecule has 0 fully saturated rings. The van der Waals surface area contributed by atoms with Gasteiger partial charge in [0.1, 0.15) is 5.69 Å². The van der Waals surface area contributed by atoms with Gasteiger partial charge in [-0.05, 0) is 26.0 Å². The first-order valence-electron chi connectivity index (χ1n) is 5.70. The number of carbonyl (C=O) groups is 1. The lowest BCUT2D eigenvalue weighted by Gasteiger charge is -2.24. The number of likely N-dealkylation sites (N-methyl/N-ethyl adjacent to an activating group) is 1. The molecule has 0 aromatic carbocycles. The van der Waals surface area contributed by atoms with Crippen LogP contribution in [0.3, 0.4) is 0 Å². The summed E-state index contributed by atoms with van der Waals surface area (Å²) in [6.45, 7) is 3.41. The molecule has 0 radical (unpaired) electrons. The average Bonchev–Trinajstić information content (AvgIpc) is 2.34. The van der Waals surface area contributed by atoms with Gasteiger partial charge in [-0.1, -0.05) is 0 Å². The molecule has 0 aliphatic carbocycles. The molecule has 1 atom stereocenters. The van der Waals surface area contributed by atoms with E-state index in [9.17, 15) is 18.0 Å². The van der Waals surface area contributed by atoms with Crippen molar-refractivity contribution in [3.63, 3.8) is 0 Å². The smallest absolute Gasteiger partial charge is 0.338 e. The predicted molar refractivity (Wildman–Crippen MR) is 71.8 cm³/mol. The van der Waals surface area contributed by atoms with Crippen molar-refractivity contribution in [3.05, 3.63) is 29.1 Å². The number of nitrogens with two attached hydrogens (primary N) is 1. The summed E-state index contributed by atoms with van der Waals surface area (Å²) in [5.41, 5.74) is 4.65. The highest BCUT2D eigenvalue weighted by molar-refractivity contribution is 5.95. The molecule has 1 heterocycles. The topological polar surface area (TPSA) is 59.2 Å². The number of nitrogens with zero attached hydrogens (tertiary/aromatic N) is 2. The molecule has 1 unspecified atom stereocenters. The Kier molecular flexibility index (Phi) is 6.43. The number of amides is 1. The van der Waals surface area contributed by atoms with Gasteiger partial charge in [0.15, 0.2) is 0 Å². The molecule has 8 heteroatoms. The fraction of sp³-hybridized carbons (Fsp3) is 0.500. The maximum Gasteiger partial charge on any atom is 0.433 e. The third-order valence-electron chi connectivity index (χ3n) is 2.93. The molecule has 1 aromatic rings. The van der Waals surface area contributed by atoms with Crippen LogP contribution >= 0.6 is 12.4 Å². The van der Waals surface area contributed by atoms with Gasteiger partial charge in [0.25, 0.3) is 5.91 Å². The van der Waals surface area contributed by atoms with Crippen molar-refractivity contribution >= 4 is 18.3 Å². The van der Waals surface area contributed by atoms with E-state index in [4.69, 9.17) is 5.73 Å². The van der Waals surface area contributed by atoms with Gasteiger partial charge in [0, 0.05) is 19.6 Å². The van der Waals surface area contributed by atoms with E-state index in [1.165, 1.54) is 11.8 Å². The Bertz CT molecular complexity index is 480. The highest BCUT2D eigenvalue weighted by Gasteiger charge is 2.33. The molecule has 1 rings (SSSR count). The quantitative estimate of drug-likeness (QED) is 0.931. The lowest BCUT2D eigenvalue weighted by molar-refractivity contribution is -0.141. The molecule has 0 aliphatic heterocycles. The van der Waals surface area contributed by atoms with Crippen LogP contribution in [0, 0.1) is 6.92 Å². The van der Waals surface area contributed by atoms with Gasteiger partial charge in [-0.25, -0.2) is 4.98 Å². The van der Waals surface area contributed by atoms with E-state index in [1.54, 1.807) is 14.0 Å². The second-order valence-electron chi connectivity index (χ2n) is 4.33. The first-order chi connectivity index (χ1) is 8.68. The van der Waals surface area contributed by atoms with Crippen molar-refractivity contribution in [3.8, 4) is 0 Å². The van der Waals surface area contributed by atoms with Gasteiger partial charge < -0.3 is 10.6 Å². The van der Waals surface area contributed by atoms with E-state index >= 15 is 0 Å². The third kappa shape index (κ3) is 4.08. The van der Waals surface area contributed by atoms with Crippen LogP contribution in [0.2, 0.25) is 0 Å². The minimum atomic E-state index is -4.51. The Morgan fingerprint density at radius 1 is 1.45 bits per heavy atom. The normalized spacial score (nSPS) is 12.6. The summed E-state index contributed by atoms with van der Waals surface area (Å²) in [4.78, 5) is 16.9. The predicted octanol–water partition coefficient (Wildman–Crippen LogP) is 2.25. The number of rotatable bonds is 3. The summed E-state index contributed by atoms with van der Waals surface area (Å²) in [6, 6.07) is 1.75. The number of halogens is 4. The van der Waals surface area contributed by atoms with Crippen LogP contribution in [0.15, 0.2) is 12.1 Å². The van der Waals surface area contributed by atoms with Crippen LogP contribution < -0.4 is 5.73 Å². The zero-order valence-corrected chi connectivity index (χ0v) is 12.2. The Morgan fingerprint density at radius 2 is 2.00 bits per heavy atom. The van der Waals surface area contributed by atoms with E-state index < -0.39 is 17.8 Å². The zero-order valence-electron chi connectivity index (χ0n) is 11.4. The lowest BCUT2D eigenvalue weighted by Crippen LogP contribution is -2.40. The number of aryl methyl sites for hydroxylation is 1. The second kappa shape index (κ2) is 6.90. The fourth-order valence-corrected chi connectivity index (χ4v) is 1.49. The Morgan fingerprint density at radius 3 is 2.40 bits per heavy atom. The van der Waals surface area contributed by atoms with Crippen LogP contribution in [0.25, 0.3) is 0 Å². The maximum atomic E-state index is 12.5. The fourth-order valence-electron chi connectivity index (χ4n) is 1.49. The highest BCUT2D eigenvalue weighted by atomic mass is 35.5. The van der Waals surface area contributed by atoms with E-state index in [-0.39, 0.29) is 36.3 Å². The van der Waals surface area contributed by atoms with Crippen LogP contribution in [0.4, 0.5) is 13.2 Å². The van der Waals surface area contributed by atoms with Crippen LogP contribution in [-0.4, -0.2) is 35.4 Å². The molecule has 0 saturated carbocycles. The maximum absolute atomic E-state index is 12.5. The summed E-state index contributed by atoms with van der Waals surface area (Å²) >= 11 is 0. The molecule has 1 aromatic heterocycles. The van der Waals surface area contributed by atoms with E-state index in [0.717, 1.165) is 12.1 Å². The molecular formula is C12H17ClF3N3O. The standard InChI is InChI=1S/C12H16F3N3O.ClH/c1-7(6-16)18(3)11(19)9-4-5-10(12(13,14)15)17-8(9)2;/h4-5,7H,6,16H2,1-3H3;1H. The third-order valence-corrected chi connectivity index (χ3v) is 2.93. The molecule has 0 saturated heterocycles. The molecule has 114 valence electrons. The summed E-state index contributed by atoms with van der Waals surface area (Å²) in [7, 11) is 1.55. The van der Waals surface area contributed by atoms with Crippen molar-refractivity contribution in [2.75, 3.05) is 13.6 Å². The van der Waals surface area contributed by atoms with Gasteiger partial charge >= 0.3 is 6.18 Å². The molecule has 4 nitrogen and oxygen atoms in total. The summed E-state index contributed by atoms with van der Waals surface area (Å²) in [5.74, 6) is -0.392. The largest absolute Gasteiger partial charge is 0.433 e. The molecular weight excluding hydrogens is 295 g/mol. The first kappa shape index (κ1) is 18.7. The van der Waals surface area contributed by atoms with Gasteiger partial charge in [-0.15, -0.1) is 12.4 Å². The number of hydrogen-bond acceptors (Lipinski definition) is 3. The van der Waals surface area contributed by atoms with Crippen molar-refractivity contribution in [1.82, 2.24) is 9.88 Å². The number of aromatic nitrogens is 1. The van der Waals surface area contributed by atoms with Crippen molar-refractivity contribution in [1.29, 1.82) is 0 Å². The number of alkyl halides is 3. The number of hydrogen-bond donors (Lipinski definition) is 1. The number of carbonyl (C=O) groups excluding carboxylic acids is 1. The van der Waals surface area contributed by atoms with E-state index in [0.29, 0.717) is 0 Å². The van der Waals surface area contributed by atoms with Gasteiger partial charge in [-0.2, -0.15) is 13.2 Å². The molecule has 20 heavy (non-hydrogen) atoms. The minimum Gasteiger partial charge on any atom is -0.338 e. The molecule has 0 aliphatic rings. The molecule has 2 N–H and O–H groups in total. The average molecular weight is 312 g/mol. The minimum absolute atomic E-state index is 0. The summed E-state index contributed by atoms with van der Waals surface area (Å²) in [6.07, 6.45) is -4.51. The highest BCUT2D eigenvalue weighted by Crippen LogP contribution is 2.28. The van der Waals surface area contributed by atoms with Crippen molar-refractivity contribution in [2.24, 2.45) is 5.73 Å². The summed E-state index contributed by atoms with van der Waals surface area (Å²) in [5, 5.41) is 0. The monoisotopic (exact) mass is 311 g/mol. The Hall–Kier alpha value is -1.34. The second-order valence-corrected chi connectivity index (χ2v) is 4.33. The zero-order chi connectivity index (χ0) is 14.8.